The summed E-state index contributed by atoms with van der Waals surface area (Å²) in [7, 11) is 0. The van der Waals surface area contributed by atoms with Crippen LogP contribution in [0.3, 0.4) is 0 Å². The maximum Gasteiger partial charge on any atom is 0.251 e. The zero-order chi connectivity index (χ0) is 22.0. The van der Waals surface area contributed by atoms with E-state index in [0.29, 0.717) is 29.9 Å². The molecule has 1 aromatic carbocycles. The maximum absolute atomic E-state index is 12.1. The van der Waals surface area contributed by atoms with E-state index in [4.69, 9.17) is 5.73 Å². The van der Waals surface area contributed by atoms with Crippen LogP contribution in [-0.4, -0.2) is 34.4 Å². The quantitative estimate of drug-likeness (QED) is 0.519. The predicted octanol–water partition coefficient (Wildman–Crippen LogP) is 2.98. The highest BCUT2D eigenvalue weighted by atomic mass is 16.2. The summed E-state index contributed by atoms with van der Waals surface area (Å²) in [6.45, 7) is 4.62. The molecule has 0 unspecified atom stereocenters. The molecule has 0 saturated heterocycles. The Morgan fingerprint density at radius 2 is 1.90 bits per heavy atom. The van der Waals surface area contributed by atoms with Gasteiger partial charge in [-0.3, -0.25) is 9.59 Å². The van der Waals surface area contributed by atoms with E-state index in [-0.39, 0.29) is 23.8 Å². The number of nitrogens with zero attached hydrogens (tertiary/aromatic N) is 2. The van der Waals surface area contributed by atoms with Crippen LogP contribution >= 0.6 is 0 Å². The number of benzene rings is 1. The van der Waals surface area contributed by atoms with Crippen LogP contribution in [0.4, 0.5) is 17.5 Å². The number of aryl methyl sites for hydroxylation is 1. The number of fused-ring (bicyclic) bond motifs is 2. The summed E-state index contributed by atoms with van der Waals surface area (Å²) in [4.78, 5) is 33.1. The van der Waals surface area contributed by atoms with Crippen molar-refractivity contribution in [1.82, 2.24) is 15.3 Å². The largest absolute Gasteiger partial charge is 0.369 e. The Hall–Kier alpha value is -3.16. The van der Waals surface area contributed by atoms with Crippen LogP contribution in [0, 0.1) is 24.7 Å². The van der Waals surface area contributed by atoms with Crippen molar-refractivity contribution in [3.8, 4) is 0 Å². The summed E-state index contributed by atoms with van der Waals surface area (Å²) in [6, 6.07) is 7.23. The minimum atomic E-state index is -0.224. The fourth-order valence-corrected chi connectivity index (χ4v) is 4.89. The molecule has 164 valence electrons. The lowest BCUT2D eigenvalue weighted by atomic mass is 9.84. The minimum absolute atomic E-state index is 0.0265. The van der Waals surface area contributed by atoms with E-state index in [9.17, 15) is 9.59 Å². The second-order valence-corrected chi connectivity index (χ2v) is 8.61. The number of aromatic nitrogens is 2. The van der Waals surface area contributed by atoms with E-state index >= 15 is 0 Å². The van der Waals surface area contributed by atoms with Gasteiger partial charge in [-0.25, -0.2) is 4.98 Å². The topological polar surface area (TPSA) is 122 Å². The number of rotatable bonds is 8. The van der Waals surface area contributed by atoms with Crippen molar-refractivity contribution in [2.24, 2.45) is 23.5 Å². The molecule has 0 radical (unpaired) electrons. The average Bonchev–Trinajstić information content (AvgIpc) is 3.36. The Balaban J connectivity index is 1.46. The Kier molecular flexibility index (Phi) is 6.06. The lowest BCUT2D eigenvalue weighted by Crippen LogP contribution is -2.42. The highest BCUT2D eigenvalue weighted by Gasteiger charge is 2.50. The molecule has 1 aromatic heterocycles. The van der Waals surface area contributed by atoms with Gasteiger partial charge < -0.3 is 21.7 Å². The molecule has 2 saturated carbocycles. The maximum atomic E-state index is 12.1. The average molecular weight is 423 g/mol. The Morgan fingerprint density at radius 3 is 2.61 bits per heavy atom. The number of carbonyl (C=O) groups excluding carboxylic acids is 2. The third-order valence-corrected chi connectivity index (χ3v) is 6.46. The molecule has 1 heterocycles. The first kappa shape index (κ1) is 21.1. The lowest BCUT2D eigenvalue weighted by Gasteiger charge is -2.30. The molecule has 31 heavy (non-hydrogen) atoms. The Bertz CT molecular complexity index is 961. The van der Waals surface area contributed by atoms with E-state index in [0.717, 1.165) is 42.8 Å². The van der Waals surface area contributed by atoms with Crippen LogP contribution < -0.4 is 21.7 Å². The molecule has 2 amide bonds. The fourth-order valence-electron chi connectivity index (χ4n) is 4.89. The van der Waals surface area contributed by atoms with Gasteiger partial charge in [0.1, 0.15) is 5.82 Å². The molecular formula is C23H30N6O2. The van der Waals surface area contributed by atoms with E-state index in [1.54, 1.807) is 18.3 Å². The molecular weight excluding hydrogens is 392 g/mol. The summed E-state index contributed by atoms with van der Waals surface area (Å²) in [5.41, 5.74) is 8.02. The van der Waals surface area contributed by atoms with Crippen molar-refractivity contribution in [2.75, 3.05) is 17.2 Å². The predicted molar refractivity (Wildman–Crippen MR) is 120 cm³/mol. The number of amides is 2. The zero-order valence-corrected chi connectivity index (χ0v) is 18.0. The SMILES string of the molecule is CCCNC(=O)c1ccc(Nc2ncc(C)c(N[C@@H]3[C@H]4CC[C@H](C4)[C@@H]3C(N)=O)n2)cc1. The molecule has 0 aliphatic heterocycles. The third kappa shape index (κ3) is 4.47. The van der Waals surface area contributed by atoms with Gasteiger partial charge in [0, 0.05) is 35.6 Å². The number of primary amides is 1. The van der Waals surface area contributed by atoms with Gasteiger partial charge in [0.25, 0.3) is 5.91 Å². The second kappa shape index (κ2) is 8.91. The Labute approximate surface area is 182 Å². The van der Waals surface area contributed by atoms with Crippen LogP contribution in [0.15, 0.2) is 30.5 Å². The van der Waals surface area contributed by atoms with Gasteiger partial charge >= 0.3 is 0 Å². The summed E-state index contributed by atoms with van der Waals surface area (Å²) in [5, 5.41) is 9.55. The van der Waals surface area contributed by atoms with Crippen molar-refractivity contribution in [1.29, 1.82) is 0 Å². The van der Waals surface area contributed by atoms with Gasteiger partial charge in [-0.1, -0.05) is 6.92 Å². The van der Waals surface area contributed by atoms with Crippen LogP contribution in [-0.2, 0) is 4.79 Å². The molecule has 2 aliphatic rings. The summed E-state index contributed by atoms with van der Waals surface area (Å²) in [6.07, 6.45) is 5.92. The summed E-state index contributed by atoms with van der Waals surface area (Å²) in [5.74, 6) is 1.56. The van der Waals surface area contributed by atoms with Crippen molar-refractivity contribution >= 4 is 29.3 Å². The van der Waals surface area contributed by atoms with Gasteiger partial charge in [0.15, 0.2) is 0 Å². The van der Waals surface area contributed by atoms with E-state index in [2.05, 4.69) is 25.9 Å². The van der Waals surface area contributed by atoms with Crippen LogP contribution in [0.1, 0.15) is 48.5 Å². The molecule has 4 atom stereocenters. The van der Waals surface area contributed by atoms with Crippen LogP contribution in [0.25, 0.3) is 0 Å². The first-order valence-corrected chi connectivity index (χ1v) is 11.0. The molecule has 0 spiro atoms. The first-order chi connectivity index (χ1) is 15.0. The minimum Gasteiger partial charge on any atom is -0.369 e. The number of hydrogen-bond acceptors (Lipinski definition) is 6. The van der Waals surface area contributed by atoms with Gasteiger partial charge in [-0.2, -0.15) is 4.98 Å². The van der Waals surface area contributed by atoms with E-state index in [1.807, 2.05) is 26.0 Å². The number of carbonyl (C=O) groups is 2. The normalized spacial score (nSPS) is 24.1. The van der Waals surface area contributed by atoms with Gasteiger partial charge in [0.05, 0.1) is 5.92 Å². The van der Waals surface area contributed by atoms with E-state index < -0.39 is 0 Å². The number of nitrogens with two attached hydrogens (primary N) is 1. The molecule has 5 N–H and O–H groups in total. The van der Waals surface area contributed by atoms with E-state index in [1.165, 1.54) is 0 Å². The van der Waals surface area contributed by atoms with Gasteiger partial charge in [-0.15, -0.1) is 0 Å². The summed E-state index contributed by atoms with van der Waals surface area (Å²) >= 11 is 0. The van der Waals surface area contributed by atoms with Crippen molar-refractivity contribution in [2.45, 2.75) is 45.6 Å². The smallest absolute Gasteiger partial charge is 0.251 e. The highest BCUT2D eigenvalue weighted by Crippen LogP contribution is 2.49. The zero-order valence-electron chi connectivity index (χ0n) is 18.0. The standard InChI is InChI=1S/C23H30N6O2/c1-3-10-25-22(31)14-6-8-17(9-7-14)27-23-26-12-13(2)21(29-23)28-19-16-5-4-15(11-16)18(19)20(24)30/h6-9,12,15-16,18-19H,3-5,10-11H2,1-2H3,(H2,24,30)(H,25,31)(H2,26,27,28,29)/t15-,16+,18+,19-/m1/s1. The highest BCUT2D eigenvalue weighted by molar-refractivity contribution is 5.94. The molecule has 2 aliphatic carbocycles. The molecule has 2 fully saturated rings. The van der Waals surface area contributed by atoms with Crippen molar-refractivity contribution < 1.29 is 9.59 Å². The van der Waals surface area contributed by atoms with Gasteiger partial charge in [-0.05, 0) is 68.7 Å². The van der Waals surface area contributed by atoms with Crippen LogP contribution in [0.5, 0.6) is 0 Å². The first-order valence-electron chi connectivity index (χ1n) is 11.0. The molecule has 2 bridgehead atoms. The monoisotopic (exact) mass is 422 g/mol. The summed E-state index contributed by atoms with van der Waals surface area (Å²) < 4.78 is 0. The number of nitrogens with one attached hydrogen (secondary N) is 3. The van der Waals surface area contributed by atoms with Gasteiger partial charge in [0.2, 0.25) is 11.9 Å². The Morgan fingerprint density at radius 1 is 1.16 bits per heavy atom. The fraction of sp³-hybridized carbons (Fsp3) is 0.478. The van der Waals surface area contributed by atoms with Crippen molar-refractivity contribution in [3.05, 3.63) is 41.6 Å². The molecule has 2 aromatic rings. The number of hydrogen-bond donors (Lipinski definition) is 4. The number of anilines is 3. The lowest BCUT2D eigenvalue weighted by molar-refractivity contribution is -0.123. The third-order valence-electron chi connectivity index (χ3n) is 6.46. The van der Waals surface area contributed by atoms with Crippen LogP contribution in [0.2, 0.25) is 0 Å². The molecule has 8 nitrogen and oxygen atoms in total. The van der Waals surface area contributed by atoms with Crippen molar-refractivity contribution in [3.63, 3.8) is 0 Å². The second-order valence-electron chi connectivity index (χ2n) is 8.61. The molecule has 4 rings (SSSR count). The molecule has 8 heteroatoms.